The minimum Gasteiger partial charge on any atom is -0.271 e. The zero-order valence-corrected chi connectivity index (χ0v) is 7.19. The normalized spacial score (nSPS) is 13.7. The first-order chi connectivity index (χ1) is 5.68. The van der Waals surface area contributed by atoms with Crippen LogP contribution in [-0.4, -0.2) is 28.4 Å². The molecule has 0 aromatic carbocycles. The lowest BCUT2D eigenvalue weighted by molar-refractivity contribution is -0.187. The average molecular weight is 219 g/mol. The highest BCUT2D eigenvalue weighted by Crippen LogP contribution is 2.17. The number of nitrogens with zero attached hydrogens (tertiary/aromatic N) is 1. The van der Waals surface area contributed by atoms with Gasteiger partial charge in [0, 0.05) is 0 Å². The number of halogens is 4. The van der Waals surface area contributed by atoms with Crippen molar-refractivity contribution >= 4 is 23.4 Å². The number of alkyl halides is 4. The van der Waals surface area contributed by atoms with Crippen LogP contribution in [0.5, 0.6) is 0 Å². The molecule has 0 heterocycles. The van der Waals surface area contributed by atoms with Crippen molar-refractivity contribution in [3.8, 4) is 0 Å². The molecule has 1 atom stereocenters. The van der Waals surface area contributed by atoms with Crippen molar-refractivity contribution in [2.45, 2.75) is 18.5 Å². The van der Waals surface area contributed by atoms with Gasteiger partial charge in [-0.05, 0) is 6.92 Å². The second-order valence-corrected chi connectivity index (χ2v) is 2.78. The maximum atomic E-state index is 11.7. The first-order valence-electron chi connectivity index (χ1n) is 3.01. The molecule has 0 aromatic heterocycles. The van der Waals surface area contributed by atoms with Crippen LogP contribution < -0.4 is 5.84 Å². The molecule has 0 aromatic rings. The third-order valence-electron chi connectivity index (χ3n) is 1.04. The van der Waals surface area contributed by atoms with E-state index in [9.17, 15) is 22.8 Å². The van der Waals surface area contributed by atoms with Crippen LogP contribution in [-0.2, 0) is 9.59 Å². The number of rotatable bonds is 1. The molecule has 2 N–H and O–H groups in total. The van der Waals surface area contributed by atoms with Gasteiger partial charge in [-0.3, -0.25) is 9.59 Å². The van der Waals surface area contributed by atoms with E-state index in [0.29, 0.717) is 0 Å². The molecular formula is C5H6ClF3N2O2. The van der Waals surface area contributed by atoms with E-state index in [1.54, 1.807) is 0 Å². The maximum absolute atomic E-state index is 11.7. The predicted molar refractivity (Wildman–Crippen MR) is 37.4 cm³/mol. The number of carbonyl (C=O) groups is 2. The summed E-state index contributed by atoms with van der Waals surface area (Å²) >= 11 is 5.13. The van der Waals surface area contributed by atoms with Crippen molar-refractivity contribution in [3.63, 3.8) is 0 Å². The van der Waals surface area contributed by atoms with E-state index in [4.69, 9.17) is 11.6 Å². The number of imide groups is 1. The summed E-state index contributed by atoms with van der Waals surface area (Å²) < 4.78 is 35.0. The molecule has 0 aliphatic rings. The number of hydrogen-bond donors (Lipinski definition) is 1. The molecule has 0 rings (SSSR count). The topological polar surface area (TPSA) is 63.4 Å². The quantitative estimate of drug-likeness (QED) is 0.300. The van der Waals surface area contributed by atoms with E-state index in [1.165, 1.54) is 0 Å². The van der Waals surface area contributed by atoms with Crippen LogP contribution in [0.1, 0.15) is 6.92 Å². The smallest absolute Gasteiger partial charge is 0.271 e. The Bertz CT molecular complexity index is 228. The van der Waals surface area contributed by atoms with Gasteiger partial charge in [-0.25, -0.2) is 10.9 Å². The van der Waals surface area contributed by atoms with Crippen LogP contribution in [0.2, 0.25) is 0 Å². The van der Waals surface area contributed by atoms with Crippen molar-refractivity contribution in [2.75, 3.05) is 0 Å². The Morgan fingerprint density at radius 1 is 1.46 bits per heavy atom. The van der Waals surface area contributed by atoms with Gasteiger partial charge < -0.3 is 0 Å². The van der Waals surface area contributed by atoms with Gasteiger partial charge in [0.15, 0.2) is 0 Å². The van der Waals surface area contributed by atoms with Gasteiger partial charge >= 0.3 is 12.1 Å². The molecule has 76 valence electrons. The third kappa shape index (κ3) is 3.19. The van der Waals surface area contributed by atoms with Crippen LogP contribution in [0, 0.1) is 0 Å². The molecule has 0 aliphatic heterocycles. The van der Waals surface area contributed by atoms with E-state index in [2.05, 4.69) is 5.84 Å². The Labute approximate surface area is 76.4 Å². The molecule has 0 fully saturated rings. The number of hydrazine groups is 1. The first-order valence-corrected chi connectivity index (χ1v) is 3.45. The monoisotopic (exact) mass is 218 g/mol. The van der Waals surface area contributed by atoms with Crippen LogP contribution in [0.15, 0.2) is 0 Å². The summed E-state index contributed by atoms with van der Waals surface area (Å²) in [5.74, 6) is 0.836. The van der Waals surface area contributed by atoms with E-state index in [-0.39, 0.29) is 0 Å². The minimum atomic E-state index is -5.17. The Hall–Kier alpha value is -0.820. The Morgan fingerprint density at radius 3 is 2.08 bits per heavy atom. The summed E-state index contributed by atoms with van der Waals surface area (Å²) in [4.78, 5) is 21.0. The summed E-state index contributed by atoms with van der Waals surface area (Å²) in [6.07, 6.45) is -5.17. The molecule has 0 saturated heterocycles. The molecule has 1 unspecified atom stereocenters. The highest BCUT2D eigenvalue weighted by molar-refractivity contribution is 6.31. The van der Waals surface area contributed by atoms with Crippen molar-refractivity contribution in [2.24, 2.45) is 5.84 Å². The van der Waals surface area contributed by atoms with Crippen LogP contribution in [0.3, 0.4) is 0 Å². The molecule has 0 radical (unpaired) electrons. The fraction of sp³-hybridized carbons (Fsp3) is 0.600. The zero-order valence-electron chi connectivity index (χ0n) is 6.43. The highest BCUT2D eigenvalue weighted by Gasteiger charge is 2.44. The summed E-state index contributed by atoms with van der Waals surface area (Å²) in [7, 11) is 0. The molecule has 13 heavy (non-hydrogen) atoms. The Morgan fingerprint density at radius 2 is 1.85 bits per heavy atom. The van der Waals surface area contributed by atoms with Crippen molar-refractivity contribution in [1.82, 2.24) is 5.01 Å². The number of hydrogen-bond acceptors (Lipinski definition) is 3. The van der Waals surface area contributed by atoms with Crippen molar-refractivity contribution in [1.29, 1.82) is 0 Å². The molecule has 0 bridgehead atoms. The van der Waals surface area contributed by atoms with E-state index in [1.807, 2.05) is 0 Å². The molecule has 8 heteroatoms. The summed E-state index contributed by atoms with van der Waals surface area (Å²) in [5, 5.41) is -1.83. The predicted octanol–water partition coefficient (Wildman–Crippen LogP) is 0.405. The van der Waals surface area contributed by atoms with Crippen LogP contribution in [0.25, 0.3) is 0 Å². The molecule has 0 aliphatic carbocycles. The van der Waals surface area contributed by atoms with Gasteiger partial charge in [0.1, 0.15) is 5.38 Å². The van der Waals surface area contributed by atoms with E-state index >= 15 is 0 Å². The van der Waals surface area contributed by atoms with Gasteiger partial charge in [0.2, 0.25) is 0 Å². The first kappa shape index (κ1) is 12.2. The second kappa shape index (κ2) is 3.93. The Balaban J connectivity index is 4.54. The third-order valence-corrected chi connectivity index (χ3v) is 1.23. The fourth-order valence-electron chi connectivity index (χ4n) is 0.428. The lowest BCUT2D eigenvalue weighted by atomic mass is 10.4. The lowest BCUT2D eigenvalue weighted by Crippen LogP contribution is -2.51. The molecular weight excluding hydrogens is 213 g/mol. The van der Waals surface area contributed by atoms with E-state index in [0.717, 1.165) is 6.92 Å². The van der Waals surface area contributed by atoms with Gasteiger partial charge in [0.05, 0.1) is 0 Å². The maximum Gasteiger partial charge on any atom is 0.473 e. The van der Waals surface area contributed by atoms with Crippen molar-refractivity contribution in [3.05, 3.63) is 0 Å². The van der Waals surface area contributed by atoms with Crippen LogP contribution in [0.4, 0.5) is 13.2 Å². The Kier molecular flexibility index (Phi) is 3.68. The standard InChI is InChI=1S/C5H6ClF3N2O2/c1-2(6)3(12)11(10)4(13)5(7,8)9/h2H,10H2,1H3. The second-order valence-electron chi connectivity index (χ2n) is 2.13. The van der Waals surface area contributed by atoms with E-state index < -0.39 is 28.4 Å². The van der Waals surface area contributed by atoms with Crippen LogP contribution >= 0.6 is 11.6 Å². The summed E-state index contributed by atoms with van der Waals surface area (Å²) in [5.41, 5.74) is 0. The van der Waals surface area contributed by atoms with Gasteiger partial charge in [0.25, 0.3) is 5.91 Å². The van der Waals surface area contributed by atoms with Crippen molar-refractivity contribution < 1.29 is 22.8 Å². The SMILES string of the molecule is CC(Cl)C(=O)N(N)C(=O)C(F)(F)F. The lowest BCUT2D eigenvalue weighted by Gasteiger charge is -2.16. The zero-order chi connectivity index (χ0) is 10.8. The largest absolute Gasteiger partial charge is 0.473 e. The minimum absolute atomic E-state index is 0.544. The highest BCUT2D eigenvalue weighted by atomic mass is 35.5. The van der Waals surface area contributed by atoms with Gasteiger partial charge in [-0.2, -0.15) is 13.2 Å². The van der Waals surface area contributed by atoms with Gasteiger partial charge in [-0.1, -0.05) is 0 Å². The summed E-state index contributed by atoms with van der Waals surface area (Å²) in [6, 6.07) is 0. The molecule has 0 spiro atoms. The number of carbonyl (C=O) groups excluding carboxylic acids is 2. The molecule has 0 saturated carbocycles. The average Bonchev–Trinajstić information content (AvgIpc) is 1.98. The fourth-order valence-corrected chi connectivity index (χ4v) is 0.533. The molecule has 4 nitrogen and oxygen atoms in total. The summed E-state index contributed by atoms with van der Waals surface area (Å²) in [6.45, 7) is 1.10. The number of amides is 2. The van der Waals surface area contributed by atoms with Gasteiger partial charge in [-0.15, -0.1) is 11.6 Å². The number of nitrogens with two attached hydrogens (primary N) is 1. The molecule has 2 amide bonds.